The van der Waals surface area contributed by atoms with Crippen molar-refractivity contribution < 1.29 is 14.3 Å². The molecule has 2 amide bonds. The average molecular weight is 458 g/mol. The van der Waals surface area contributed by atoms with Crippen molar-refractivity contribution in [2.45, 2.75) is 32.3 Å². The molecule has 0 spiro atoms. The molecular weight excluding hydrogens is 426 g/mol. The van der Waals surface area contributed by atoms with Crippen molar-refractivity contribution in [2.24, 2.45) is 0 Å². The van der Waals surface area contributed by atoms with Crippen molar-refractivity contribution >= 4 is 23.2 Å². The normalized spacial score (nSPS) is 13.6. The van der Waals surface area contributed by atoms with E-state index in [1.165, 1.54) is 12.8 Å². The molecule has 1 heterocycles. The minimum absolute atomic E-state index is 0.0577. The van der Waals surface area contributed by atoms with Crippen molar-refractivity contribution in [1.82, 2.24) is 4.90 Å². The van der Waals surface area contributed by atoms with Gasteiger partial charge in [0.1, 0.15) is 12.4 Å². The molecule has 176 valence electrons. The van der Waals surface area contributed by atoms with Gasteiger partial charge in [-0.15, -0.1) is 0 Å². The molecule has 1 aliphatic heterocycles. The Balaban J connectivity index is 1.28. The van der Waals surface area contributed by atoms with Gasteiger partial charge in [0, 0.05) is 36.1 Å². The van der Waals surface area contributed by atoms with Gasteiger partial charge in [-0.2, -0.15) is 0 Å². The number of hydrogen-bond acceptors (Lipinski definition) is 4. The number of carbonyl (C=O) groups excluding carboxylic acids is 2. The Morgan fingerprint density at radius 3 is 2.32 bits per heavy atom. The number of ether oxygens (including phenoxy) is 1. The lowest BCUT2D eigenvalue weighted by Crippen LogP contribution is -2.31. The number of likely N-dealkylation sites (tertiary alicyclic amines) is 1. The quantitative estimate of drug-likeness (QED) is 0.480. The van der Waals surface area contributed by atoms with Crippen LogP contribution in [0, 0.1) is 0 Å². The van der Waals surface area contributed by atoms with Crippen LogP contribution in [-0.4, -0.2) is 36.3 Å². The van der Waals surface area contributed by atoms with E-state index < -0.39 is 0 Å². The second-order valence-electron chi connectivity index (χ2n) is 8.49. The fourth-order valence-electron chi connectivity index (χ4n) is 4.01. The first kappa shape index (κ1) is 23.4. The molecule has 6 heteroatoms. The zero-order valence-corrected chi connectivity index (χ0v) is 19.3. The fourth-order valence-corrected chi connectivity index (χ4v) is 4.01. The topological polar surface area (TPSA) is 70.7 Å². The van der Waals surface area contributed by atoms with Crippen molar-refractivity contribution in [3.8, 4) is 5.75 Å². The zero-order chi connectivity index (χ0) is 23.6. The highest BCUT2D eigenvalue weighted by Gasteiger charge is 2.17. The number of amides is 2. The minimum Gasteiger partial charge on any atom is -0.489 e. The van der Waals surface area contributed by atoms with Crippen LogP contribution in [0.1, 0.15) is 41.6 Å². The molecule has 0 saturated carbocycles. The summed E-state index contributed by atoms with van der Waals surface area (Å²) in [5.41, 5.74) is 3.14. The molecule has 4 rings (SSSR count). The van der Waals surface area contributed by atoms with Gasteiger partial charge in [0.25, 0.3) is 5.91 Å². The van der Waals surface area contributed by atoms with E-state index in [9.17, 15) is 9.59 Å². The standard InChI is InChI=1S/C28H31N3O3/c32-27(30-25-14-9-15-26(19-25)34-21-22-10-4-3-5-11-22)20-29-24-13-8-12-23(18-24)28(33)31-16-6-1-2-7-17-31/h3-5,8-15,18-19,29H,1-2,6-7,16-17,20-21H2,(H,30,32). The van der Waals surface area contributed by atoms with Crippen LogP contribution in [-0.2, 0) is 11.4 Å². The van der Waals surface area contributed by atoms with Crippen LogP contribution >= 0.6 is 0 Å². The summed E-state index contributed by atoms with van der Waals surface area (Å²) in [5.74, 6) is 0.570. The van der Waals surface area contributed by atoms with Gasteiger partial charge in [0.15, 0.2) is 0 Å². The van der Waals surface area contributed by atoms with Gasteiger partial charge in [-0.25, -0.2) is 0 Å². The molecule has 0 aliphatic carbocycles. The highest BCUT2D eigenvalue weighted by Crippen LogP contribution is 2.19. The Morgan fingerprint density at radius 2 is 1.53 bits per heavy atom. The third-order valence-corrected chi connectivity index (χ3v) is 5.82. The Bertz CT molecular complexity index is 1090. The largest absolute Gasteiger partial charge is 0.489 e. The van der Waals surface area contributed by atoms with Gasteiger partial charge in [0.05, 0.1) is 6.54 Å². The lowest BCUT2D eigenvalue weighted by Gasteiger charge is -2.20. The van der Waals surface area contributed by atoms with Crippen LogP contribution in [0.15, 0.2) is 78.9 Å². The third kappa shape index (κ3) is 6.85. The molecule has 34 heavy (non-hydrogen) atoms. The molecule has 0 unspecified atom stereocenters. The summed E-state index contributed by atoms with van der Waals surface area (Å²) in [6.45, 7) is 2.18. The van der Waals surface area contributed by atoms with Crippen molar-refractivity contribution in [2.75, 3.05) is 30.3 Å². The van der Waals surface area contributed by atoms with Crippen LogP contribution in [0.4, 0.5) is 11.4 Å². The fraction of sp³-hybridized carbons (Fsp3) is 0.286. The summed E-state index contributed by atoms with van der Waals surface area (Å²) in [7, 11) is 0. The summed E-state index contributed by atoms with van der Waals surface area (Å²) in [6.07, 6.45) is 4.48. The maximum Gasteiger partial charge on any atom is 0.253 e. The SMILES string of the molecule is O=C(CNc1cccc(C(=O)N2CCCCCC2)c1)Nc1cccc(OCc2ccccc2)c1. The minimum atomic E-state index is -0.176. The maximum absolute atomic E-state index is 12.9. The highest BCUT2D eigenvalue weighted by molar-refractivity contribution is 5.96. The van der Waals surface area contributed by atoms with E-state index in [0.29, 0.717) is 23.6 Å². The summed E-state index contributed by atoms with van der Waals surface area (Å²) < 4.78 is 5.83. The van der Waals surface area contributed by atoms with Crippen LogP contribution in [0.2, 0.25) is 0 Å². The van der Waals surface area contributed by atoms with Crippen LogP contribution in [0.5, 0.6) is 5.75 Å². The second kappa shape index (κ2) is 11.9. The molecule has 1 fully saturated rings. The highest BCUT2D eigenvalue weighted by atomic mass is 16.5. The molecule has 0 bridgehead atoms. The number of hydrogen-bond donors (Lipinski definition) is 2. The Kier molecular flexibility index (Phi) is 8.17. The van der Waals surface area contributed by atoms with Gasteiger partial charge >= 0.3 is 0 Å². The molecular formula is C28H31N3O3. The maximum atomic E-state index is 12.9. The number of nitrogens with one attached hydrogen (secondary N) is 2. The number of carbonyl (C=O) groups is 2. The van der Waals surface area contributed by atoms with Crippen LogP contribution in [0.3, 0.4) is 0 Å². The summed E-state index contributed by atoms with van der Waals surface area (Å²) >= 11 is 0. The van der Waals surface area contributed by atoms with Crippen molar-refractivity contribution in [3.63, 3.8) is 0 Å². The van der Waals surface area contributed by atoms with Crippen molar-refractivity contribution in [1.29, 1.82) is 0 Å². The molecule has 2 N–H and O–H groups in total. The Hall–Kier alpha value is -3.80. The van der Waals surface area contributed by atoms with Gasteiger partial charge in [-0.3, -0.25) is 9.59 Å². The van der Waals surface area contributed by atoms with E-state index in [1.54, 1.807) is 6.07 Å². The Morgan fingerprint density at radius 1 is 0.794 bits per heavy atom. The van der Waals surface area contributed by atoms with Crippen molar-refractivity contribution in [3.05, 3.63) is 90.0 Å². The predicted molar refractivity (Wildman–Crippen MR) is 135 cm³/mol. The third-order valence-electron chi connectivity index (χ3n) is 5.82. The second-order valence-corrected chi connectivity index (χ2v) is 8.49. The molecule has 1 saturated heterocycles. The number of nitrogens with zero attached hydrogens (tertiary/aromatic N) is 1. The molecule has 0 radical (unpaired) electrons. The lowest BCUT2D eigenvalue weighted by molar-refractivity contribution is -0.114. The average Bonchev–Trinajstić information content (AvgIpc) is 3.17. The van der Waals surface area contributed by atoms with E-state index >= 15 is 0 Å². The Labute approximate surface area is 200 Å². The van der Waals surface area contributed by atoms with E-state index in [-0.39, 0.29) is 18.4 Å². The summed E-state index contributed by atoms with van der Waals surface area (Å²) in [6, 6.07) is 24.6. The summed E-state index contributed by atoms with van der Waals surface area (Å²) in [5, 5.41) is 6.01. The number of rotatable bonds is 8. The van der Waals surface area contributed by atoms with E-state index in [4.69, 9.17) is 4.74 Å². The molecule has 6 nitrogen and oxygen atoms in total. The molecule has 3 aromatic carbocycles. The molecule has 3 aromatic rings. The van der Waals surface area contributed by atoms with Gasteiger partial charge in [-0.1, -0.05) is 55.3 Å². The van der Waals surface area contributed by atoms with Gasteiger partial charge in [0.2, 0.25) is 5.91 Å². The van der Waals surface area contributed by atoms with E-state index in [0.717, 1.165) is 37.2 Å². The monoisotopic (exact) mass is 457 g/mol. The first-order valence-electron chi connectivity index (χ1n) is 11.9. The first-order valence-corrected chi connectivity index (χ1v) is 11.9. The van der Waals surface area contributed by atoms with Gasteiger partial charge in [-0.05, 0) is 48.7 Å². The lowest BCUT2D eigenvalue weighted by atomic mass is 10.1. The van der Waals surface area contributed by atoms with E-state index in [2.05, 4.69) is 10.6 Å². The smallest absolute Gasteiger partial charge is 0.253 e. The number of anilines is 2. The van der Waals surface area contributed by atoms with E-state index in [1.807, 2.05) is 77.7 Å². The first-order chi connectivity index (χ1) is 16.7. The summed E-state index contributed by atoms with van der Waals surface area (Å²) in [4.78, 5) is 27.3. The molecule has 0 aromatic heterocycles. The molecule has 0 atom stereocenters. The molecule has 1 aliphatic rings. The zero-order valence-electron chi connectivity index (χ0n) is 19.3. The number of benzene rings is 3. The predicted octanol–water partition coefficient (Wildman–Crippen LogP) is 5.33. The van der Waals surface area contributed by atoms with Gasteiger partial charge < -0.3 is 20.3 Å². The van der Waals surface area contributed by atoms with Crippen LogP contribution < -0.4 is 15.4 Å². The van der Waals surface area contributed by atoms with Crippen LogP contribution in [0.25, 0.3) is 0 Å².